The molecule has 0 saturated heterocycles. The molecule has 0 aliphatic heterocycles. The lowest BCUT2D eigenvalue weighted by Gasteiger charge is -2.07. The van der Waals surface area contributed by atoms with Crippen molar-refractivity contribution in [2.24, 2.45) is 0 Å². The van der Waals surface area contributed by atoms with Gasteiger partial charge in [0.25, 0.3) is 0 Å². The van der Waals surface area contributed by atoms with Crippen molar-refractivity contribution in [1.82, 2.24) is 0 Å². The molecule has 6 heteroatoms. The van der Waals surface area contributed by atoms with Gasteiger partial charge in [0.1, 0.15) is 10.8 Å². The lowest BCUT2D eigenvalue weighted by Crippen LogP contribution is -2.15. The van der Waals surface area contributed by atoms with E-state index in [4.69, 9.17) is 9.15 Å². The van der Waals surface area contributed by atoms with Crippen molar-refractivity contribution in [3.8, 4) is 0 Å². The third-order valence-electron chi connectivity index (χ3n) is 3.47. The van der Waals surface area contributed by atoms with Gasteiger partial charge in [-0.2, -0.15) is 0 Å². The molecule has 1 amide bonds. The molecule has 2 heterocycles. The predicted molar refractivity (Wildman–Crippen MR) is 90.0 cm³/mol. The summed E-state index contributed by atoms with van der Waals surface area (Å²) in [4.78, 5) is 25.4. The van der Waals surface area contributed by atoms with E-state index in [1.165, 1.54) is 11.3 Å². The number of nitrogens with one attached hydrogen (secondary N) is 1. The average molecular weight is 335 g/mol. The van der Waals surface area contributed by atoms with E-state index in [-0.39, 0.29) is 11.9 Å². The van der Waals surface area contributed by atoms with Crippen LogP contribution in [-0.4, -0.2) is 18.5 Å². The highest BCUT2D eigenvalue weighted by Gasteiger charge is 2.23. The van der Waals surface area contributed by atoms with Crippen molar-refractivity contribution in [1.29, 1.82) is 0 Å². The lowest BCUT2D eigenvalue weighted by molar-refractivity contribution is -0.116. The van der Waals surface area contributed by atoms with Crippen LogP contribution in [0.3, 0.4) is 0 Å². The molecular formula is C17H21NO4S. The Labute approximate surface area is 139 Å². The van der Waals surface area contributed by atoms with Gasteiger partial charge in [0, 0.05) is 17.7 Å². The van der Waals surface area contributed by atoms with Gasteiger partial charge in [-0.25, -0.2) is 4.79 Å². The topological polar surface area (TPSA) is 68.5 Å². The van der Waals surface area contributed by atoms with Crippen LogP contribution in [0.4, 0.5) is 5.00 Å². The first-order chi connectivity index (χ1) is 11.1. The number of thiophene rings is 1. The number of hydrogen-bond donors (Lipinski definition) is 1. The fraction of sp³-hybridized carbons (Fsp3) is 0.412. The normalized spacial score (nSPS) is 10.6. The van der Waals surface area contributed by atoms with Crippen LogP contribution in [0.5, 0.6) is 0 Å². The molecular weight excluding hydrogens is 314 g/mol. The number of anilines is 1. The molecule has 0 atom stereocenters. The number of furan rings is 1. The van der Waals surface area contributed by atoms with E-state index in [0.29, 0.717) is 30.0 Å². The molecule has 0 radical (unpaired) electrons. The summed E-state index contributed by atoms with van der Waals surface area (Å²) in [6.07, 6.45) is 3.13. The monoisotopic (exact) mass is 335 g/mol. The molecule has 0 bridgehead atoms. The first kappa shape index (κ1) is 17.3. The van der Waals surface area contributed by atoms with Crippen molar-refractivity contribution < 1.29 is 18.7 Å². The third-order valence-corrected chi connectivity index (χ3v) is 4.54. The Morgan fingerprint density at radius 2 is 2.13 bits per heavy atom. The van der Waals surface area contributed by atoms with Crippen LogP contribution in [0.15, 0.2) is 22.8 Å². The minimum absolute atomic E-state index is 0.143. The zero-order valence-corrected chi connectivity index (χ0v) is 14.4. The van der Waals surface area contributed by atoms with Crippen LogP contribution < -0.4 is 5.32 Å². The van der Waals surface area contributed by atoms with Crippen LogP contribution in [0, 0.1) is 6.92 Å². The first-order valence-corrected chi connectivity index (χ1v) is 8.50. The SMILES string of the molecule is CCOC(=O)c1c(NC(=O)CCc2ccco2)sc(C)c1CC. The maximum Gasteiger partial charge on any atom is 0.341 e. The van der Waals surface area contributed by atoms with E-state index < -0.39 is 0 Å². The first-order valence-electron chi connectivity index (χ1n) is 7.68. The molecule has 0 fully saturated rings. The summed E-state index contributed by atoms with van der Waals surface area (Å²) < 4.78 is 10.3. The van der Waals surface area contributed by atoms with Crippen molar-refractivity contribution in [3.63, 3.8) is 0 Å². The van der Waals surface area contributed by atoms with Crippen LogP contribution in [0.25, 0.3) is 0 Å². The third kappa shape index (κ3) is 4.22. The summed E-state index contributed by atoms with van der Waals surface area (Å²) in [6.45, 7) is 6.01. The summed E-state index contributed by atoms with van der Waals surface area (Å²) in [5.41, 5.74) is 1.43. The second-order valence-corrected chi connectivity index (χ2v) is 6.27. The van der Waals surface area contributed by atoms with E-state index in [1.807, 2.05) is 19.9 Å². The highest BCUT2D eigenvalue weighted by Crippen LogP contribution is 2.34. The van der Waals surface area contributed by atoms with Crippen molar-refractivity contribution in [2.45, 2.75) is 40.0 Å². The van der Waals surface area contributed by atoms with Gasteiger partial charge in [-0.1, -0.05) is 6.92 Å². The maximum absolute atomic E-state index is 12.2. The predicted octanol–water partition coefficient (Wildman–Crippen LogP) is 3.96. The van der Waals surface area contributed by atoms with Crippen LogP contribution >= 0.6 is 11.3 Å². The van der Waals surface area contributed by atoms with Crippen LogP contribution in [-0.2, 0) is 22.4 Å². The molecule has 124 valence electrons. The van der Waals surface area contributed by atoms with Gasteiger partial charge in [-0.15, -0.1) is 11.3 Å². The Bertz CT molecular complexity index is 673. The Morgan fingerprint density at radius 3 is 2.74 bits per heavy atom. The number of carbonyl (C=O) groups excluding carboxylic acids is 2. The number of carbonyl (C=O) groups is 2. The van der Waals surface area contributed by atoms with Crippen molar-refractivity contribution in [3.05, 3.63) is 40.2 Å². The number of ether oxygens (including phenoxy) is 1. The molecule has 2 aromatic heterocycles. The zero-order valence-electron chi connectivity index (χ0n) is 13.6. The lowest BCUT2D eigenvalue weighted by atomic mass is 10.1. The van der Waals surface area contributed by atoms with E-state index in [2.05, 4.69) is 5.32 Å². The number of esters is 1. The smallest absolute Gasteiger partial charge is 0.341 e. The Kier molecular flexibility index (Phi) is 5.98. The van der Waals surface area contributed by atoms with Gasteiger partial charge in [0.05, 0.1) is 18.4 Å². The van der Waals surface area contributed by atoms with Crippen LogP contribution in [0.2, 0.25) is 0 Å². The molecule has 23 heavy (non-hydrogen) atoms. The fourth-order valence-corrected chi connectivity index (χ4v) is 3.54. The van der Waals surface area contributed by atoms with Gasteiger partial charge in [0.15, 0.2) is 0 Å². The van der Waals surface area contributed by atoms with Gasteiger partial charge in [-0.3, -0.25) is 4.79 Å². The average Bonchev–Trinajstić information content (AvgIpc) is 3.12. The quantitative estimate of drug-likeness (QED) is 0.778. The minimum Gasteiger partial charge on any atom is -0.469 e. The second kappa shape index (κ2) is 7.97. The van der Waals surface area contributed by atoms with E-state index >= 15 is 0 Å². The van der Waals surface area contributed by atoms with Gasteiger partial charge in [-0.05, 0) is 38.0 Å². The molecule has 0 aromatic carbocycles. The number of rotatable bonds is 7. The molecule has 0 aliphatic carbocycles. The fourth-order valence-electron chi connectivity index (χ4n) is 2.39. The highest BCUT2D eigenvalue weighted by molar-refractivity contribution is 7.16. The summed E-state index contributed by atoms with van der Waals surface area (Å²) in [6, 6.07) is 3.63. The van der Waals surface area contributed by atoms with E-state index in [1.54, 1.807) is 19.3 Å². The van der Waals surface area contributed by atoms with E-state index in [9.17, 15) is 9.59 Å². The minimum atomic E-state index is -0.380. The number of aryl methyl sites for hydroxylation is 2. The van der Waals surface area contributed by atoms with Crippen LogP contribution in [0.1, 0.15) is 46.8 Å². The molecule has 2 rings (SSSR count). The molecule has 0 spiro atoms. The van der Waals surface area contributed by atoms with Gasteiger partial charge >= 0.3 is 5.97 Å². The molecule has 5 nitrogen and oxygen atoms in total. The molecule has 2 aromatic rings. The molecule has 0 saturated carbocycles. The Balaban J connectivity index is 2.11. The summed E-state index contributed by atoms with van der Waals surface area (Å²) >= 11 is 1.42. The largest absolute Gasteiger partial charge is 0.469 e. The second-order valence-electron chi connectivity index (χ2n) is 5.04. The highest BCUT2D eigenvalue weighted by atomic mass is 32.1. The van der Waals surface area contributed by atoms with Crippen molar-refractivity contribution >= 4 is 28.2 Å². The summed E-state index contributed by atoms with van der Waals surface area (Å²) in [5, 5.41) is 3.42. The van der Waals surface area contributed by atoms with Gasteiger partial charge in [0.2, 0.25) is 5.91 Å². The molecule has 0 aliphatic rings. The molecule has 1 N–H and O–H groups in total. The van der Waals surface area contributed by atoms with Crippen molar-refractivity contribution in [2.75, 3.05) is 11.9 Å². The van der Waals surface area contributed by atoms with Gasteiger partial charge < -0.3 is 14.5 Å². The zero-order chi connectivity index (χ0) is 16.8. The Morgan fingerprint density at radius 1 is 1.35 bits per heavy atom. The maximum atomic E-state index is 12.2. The Hall–Kier alpha value is -2.08. The summed E-state index contributed by atoms with van der Waals surface area (Å²) in [7, 11) is 0. The molecule has 0 unspecified atom stereocenters. The number of amides is 1. The van der Waals surface area contributed by atoms with E-state index in [0.717, 1.165) is 22.6 Å². The standard InChI is InChI=1S/C17H21NO4S/c1-4-13-11(3)23-16(15(13)17(20)21-5-2)18-14(19)9-8-12-7-6-10-22-12/h6-7,10H,4-5,8-9H2,1-3H3,(H,18,19). The number of hydrogen-bond acceptors (Lipinski definition) is 5. The summed E-state index contributed by atoms with van der Waals surface area (Å²) in [5.74, 6) is 0.244.